The van der Waals surface area contributed by atoms with E-state index in [-0.39, 0.29) is 27.3 Å². The van der Waals surface area contributed by atoms with E-state index < -0.39 is 42.7 Å². The zero-order chi connectivity index (χ0) is 25.7. The molecule has 0 N–H and O–H groups in total. The van der Waals surface area contributed by atoms with Crippen molar-refractivity contribution in [2.75, 3.05) is 6.26 Å². The molecule has 2 rings (SSSR count). The molecule has 0 spiro atoms. The van der Waals surface area contributed by atoms with Crippen LogP contribution in [0.1, 0.15) is 53.5 Å². The Morgan fingerprint density at radius 3 is 2.03 bits per heavy atom. The van der Waals surface area contributed by atoms with Crippen LogP contribution >= 0.6 is 0 Å². The third kappa shape index (κ3) is 4.98. The van der Waals surface area contributed by atoms with Gasteiger partial charge in [0.15, 0.2) is 9.84 Å². The van der Waals surface area contributed by atoms with Crippen LogP contribution in [-0.4, -0.2) is 44.2 Å². The normalized spacial score (nSPS) is 12.5. The molecule has 0 aliphatic rings. The van der Waals surface area contributed by atoms with Crippen molar-refractivity contribution < 1.29 is 39.0 Å². The van der Waals surface area contributed by atoms with Crippen LogP contribution < -0.4 is 4.18 Å². The predicted molar refractivity (Wildman–Crippen MR) is 115 cm³/mol. The van der Waals surface area contributed by atoms with Gasteiger partial charge in [0.05, 0.1) is 10.6 Å². The maximum atomic E-state index is 13.4. The molecule has 0 bridgehead atoms. The fraction of sp³-hybridized carbons (Fsp3) is 0.400. The van der Waals surface area contributed by atoms with Crippen molar-refractivity contribution in [1.29, 1.82) is 0 Å². The number of hydrogen-bond donors (Lipinski definition) is 0. The number of benzene rings is 1. The molecule has 0 saturated heterocycles. The first kappa shape index (κ1) is 26.6. The molecule has 1 aromatic heterocycles. The summed E-state index contributed by atoms with van der Waals surface area (Å²) in [5.41, 5.74) is -4.38. The Bertz CT molecular complexity index is 1380. The standard InChI is InChI=1S/C20H23F3N2O6S2/c1-10(2)11(3)16-12(4)14(8-9-15(16)32(7,27)28)18(26)17-13(5)24-25(6)19(17)31-33(29,30)20(21,22)23/h8-9H,1-7H3. The van der Waals surface area contributed by atoms with Gasteiger partial charge in [-0.3, -0.25) is 4.79 Å². The average molecular weight is 509 g/mol. The Morgan fingerprint density at radius 2 is 1.58 bits per heavy atom. The first-order valence-corrected chi connectivity index (χ1v) is 12.7. The van der Waals surface area contributed by atoms with Gasteiger partial charge >= 0.3 is 15.6 Å². The summed E-state index contributed by atoms with van der Waals surface area (Å²) >= 11 is 0. The molecule has 0 aliphatic heterocycles. The highest BCUT2D eigenvalue weighted by molar-refractivity contribution is 7.90. The van der Waals surface area contributed by atoms with Gasteiger partial charge in [0, 0.05) is 18.9 Å². The number of aromatic nitrogens is 2. The van der Waals surface area contributed by atoms with Crippen LogP contribution in [0.15, 0.2) is 22.6 Å². The van der Waals surface area contributed by atoms with E-state index in [9.17, 15) is 34.8 Å². The molecule has 2 aromatic rings. The Morgan fingerprint density at radius 1 is 1.03 bits per heavy atom. The largest absolute Gasteiger partial charge is 0.534 e. The highest BCUT2D eigenvalue weighted by Gasteiger charge is 2.49. The fourth-order valence-corrected chi connectivity index (χ4v) is 4.72. The summed E-state index contributed by atoms with van der Waals surface area (Å²) in [6.07, 6.45) is 1.02. The highest BCUT2D eigenvalue weighted by atomic mass is 32.2. The summed E-state index contributed by atoms with van der Waals surface area (Å²) in [6.45, 7) is 8.01. The van der Waals surface area contributed by atoms with Crippen molar-refractivity contribution in [2.24, 2.45) is 7.05 Å². The van der Waals surface area contributed by atoms with Crippen LogP contribution in [0, 0.1) is 13.8 Å². The van der Waals surface area contributed by atoms with Crippen molar-refractivity contribution in [3.05, 3.63) is 45.7 Å². The summed E-state index contributed by atoms with van der Waals surface area (Å²) in [4.78, 5) is 13.4. The second kappa shape index (κ2) is 8.60. The van der Waals surface area contributed by atoms with E-state index in [4.69, 9.17) is 0 Å². The summed E-state index contributed by atoms with van der Waals surface area (Å²) in [5, 5.41) is 3.83. The molecule has 8 nitrogen and oxygen atoms in total. The Kier molecular flexibility index (Phi) is 6.92. The molecule has 0 unspecified atom stereocenters. The van der Waals surface area contributed by atoms with Crippen molar-refractivity contribution in [2.45, 2.75) is 45.0 Å². The van der Waals surface area contributed by atoms with Crippen LogP contribution in [0.5, 0.6) is 5.88 Å². The number of carbonyl (C=O) groups is 1. The van der Waals surface area contributed by atoms with Gasteiger partial charge in [-0.25, -0.2) is 13.1 Å². The molecule has 182 valence electrons. The number of ketones is 1. The minimum atomic E-state index is -6.07. The van der Waals surface area contributed by atoms with Gasteiger partial charge in [-0.2, -0.15) is 26.7 Å². The number of hydrogen-bond acceptors (Lipinski definition) is 7. The van der Waals surface area contributed by atoms with Crippen LogP contribution in [0.4, 0.5) is 13.2 Å². The van der Waals surface area contributed by atoms with Crippen LogP contribution in [-0.2, 0) is 27.0 Å². The molecule has 1 heterocycles. The van der Waals surface area contributed by atoms with Gasteiger partial charge in [0.25, 0.3) is 0 Å². The number of allylic oxidation sites excluding steroid dienone is 2. The van der Waals surface area contributed by atoms with Gasteiger partial charge in [0.2, 0.25) is 11.7 Å². The van der Waals surface area contributed by atoms with Gasteiger partial charge in [-0.05, 0) is 63.5 Å². The monoisotopic (exact) mass is 508 g/mol. The molecule has 13 heteroatoms. The molecule has 33 heavy (non-hydrogen) atoms. The van der Waals surface area contributed by atoms with Crippen molar-refractivity contribution in [3.63, 3.8) is 0 Å². The maximum absolute atomic E-state index is 13.4. The highest BCUT2D eigenvalue weighted by Crippen LogP contribution is 2.35. The molecular weight excluding hydrogens is 485 g/mol. The lowest BCUT2D eigenvalue weighted by Crippen LogP contribution is -2.29. The summed E-state index contributed by atoms with van der Waals surface area (Å²) in [6, 6.07) is 2.46. The molecule has 1 aromatic carbocycles. The number of rotatable bonds is 6. The molecule has 0 fully saturated rings. The van der Waals surface area contributed by atoms with Crippen LogP contribution in [0.25, 0.3) is 5.57 Å². The molecular formula is C20H23F3N2O6S2. The number of alkyl halides is 3. The molecule has 0 atom stereocenters. The maximum Gasteiger partial charge on any atom is 0.534 e. The van der Waals surface area contributed by atoms with E-state index >= 15 is 0 Å². The van der Waals surface area contributed by atoms with Gasteiger partial charge in [0.1, 0.15) is 5.56 Å². The van der Waals surface area contributed by atoms with Crippen LogP contribution in [0.2, 0.25) is 0 Å². The smallest absolute Gasteiger partial charge is 0.355 e. The second-order valence-electron chi connectivity index (χ2n) is 7.71. The van der Waals surface area contributed by atoms with E-state index in [2.05, 4.69) is 9.28 Å². The predicted octanol–water partition coefficient (Wildman–Crippen LogP) is 3.71. The molecule has 0 amide bonds. The average Bonchev–Trinajstić information content (AvgIpc) is 2.91. The minimum Gasteiger partial charge on any atom is -0.355 e. The topological polar surface area (TPSA) is 112 Å². The zero-order valence-electron chi connectivity index (χ0n) is 18.9. The van der Waals surface area contributed by atoms with Gasteiger partial charge < -0.3 is 4.18 Å². The lowest BCUT2D eigenvalue weighted by Gasteiger charge is -2.17. The fourth-order valence-electron chi connectivity index (χ4n) is 3.24. The third-order valence-corrected chi connectivity index (χ3v) is 7.15. The Labute approximate surface area is 190 Å². The molecule has 0 saturated carbocycles. The van der Waals surface area contributed by atoms with Crippen molar-refractivity contribution in [3.8, 4) is 5.88 Å². The summed E-state index contributed by atoms with van der Waals surface area (Å²) < 4.78 is 91.3. The second-order valence-corrected chi connectivity index (χ2v) is 11.2. The number of aryl methyl sites for hydroxylation is 2. The zero-order valence-corrected chi connectivity index (χ0v) is 20.6. The van der Waals surface area contributed by atoms with E-state index in [0.717, 1.165) is 18.9 Å². The number of nitrogens with zero attached hydrogens (tertiary/aromatic N) is 2. The number of halogens is 3. The van der Waals surface area contributed by atoms with Gasteiger partial charge in [-0.1, -0.05) is 5.57 Å². The van der Waals surface area contributed by atoms with Gasteiger partial charge in [-0.15, -0.1) is 0 Å². The van der Waals surface area contributed by atoms with E-state index in [0.29, 0.717) is 10.3 Å². The van der Waals surface area contributed by atoms with Crippen molar-refractivity contribution >= 4 is 31.3 Å². The lowest BCUT2D eigenvalue weighted by molar-refractivity contribution is -0.0502. The van der Waals surface area contributed by atoms with E-state index in [1.54, 1.807) is 20.8 Å². The summed E-state index contributed by atoms with van der Waals surface area (Å²) in [7, 11) is -8.62. The first-order chi connectivity index (χ1) is 14.8. The lowest BCUT2D eigenvalue weighted by atomic mass is 9.91. The Hall–Kier alpha value is -2.67. The SMILES string of the molecule is CC(C)=C(C)c1c(S(C)(=O)=O)ccc(C(=O)c2c(C)nn(C)c2OS(=O)(=O)C(F)(F)F)c1C. The molecule has 0 radical (unpaired) electrons. The Balaban J connectivity index is 2.82. The summed E-state index contributed by atoms with van der Waals surface area (Å²) in [5.74, 6) is -1.77. The first-order valence-electron chi connectivity index (χ1n) is 9.38. The van der Waals surface area contributed by atoms with E-state index in [1.165, 1.54) is 26.0 Å². The molecule has 0 aliphatic carbocycles. The number of carbonyl (C=O) groups excluding carboxylic acids is 1. The quantitative estimate of drug-likeness (QED) is 0.332. The van der Waals surface area contributed by atoms with E-state index in [1.807, 2.05) is 0 Å². The minimum absolute atomic E-state index is 0.0192. The number of sulfone groups is 1. The van der Waals surface area contributed by atoms with Crippen LogP contribution in [0.3, 0.4) is 0 Å². The third-order valence-electron chi connectivity index (χ3n) is 5.06. The van der Waals surface area contributed by atoms with Crippen molar-refractivity contribution in [1.82, 2.24) is 9.78 Å².